The predicted octanol–water partition coefficient (Wildman–Crippen LogP) is 7.13. The molecule has 0 spiro atoms. The topological polar surface area (TPSA) is 41.6 Å². The Morgan fingerprint density at radius 1 is 1.13 bits per heavy atom. The van der Waals surface area contributed by atoms with Crippen LogP contribution in [0.5, 0.6) is 0 Å². The highest BCUT2D eigenvalue weighted by atomic mass is 32.2. The van der Waals surface area contributed by atoms with Gasteiger partial charge in [-0.3, -0.25) is 4.68 Å². The summed E-state index contributed by atoms with van der Waals surface area (Å²) in [4.78, 5) is 0. The monoisotopic (exact) mass is 437 g/mol. The fourth-order valence-electron chi connectivity index (χ4n) is 5.47. The molecule has 3 nitrogen and oxygen atoms in total. The summed E-state index contributed by atoms with van der Waals surface area (Å²) in [5.74, 6) is 2.52. The van der Waals surface area contributed by atoms with Gasteiger partial charge in [-0.25, -0.2) is 0 Å². The van der Waals surface area contributed by atoms with Crippen molar-refractivity contribution in [1.29, 1.82) is 5.26 Å². The van der Waals surface area contributed by atoms with E-state index in [0.29, 0.717) is 6.04 Å². The van der Waals surface area contributed by atoms with Gasteiger partial charge in [-0.2, -0.15) is 10.4 Å². The maximum absolute atomic E-state index is 10.3. The van der Waals surface area contributed by atoms with E-state index in [-0.39, 0.29) is 5.41 Å². The molecule has 5 rings (SSSR count). The summed E-state index contributed by atoms with van der Waals surface area (Å²) in [7, 11) is 0. The number of fused-ring (bicyclic) bond motifs is 1. The first-order chi connectivity index (χ1) is 14.7. The molecular formula is C25H31N3S2. The summed E-state index contributed by atoms with van der Waals surface area (Å²) < 4.78 is 3.87. The normalized spacial score (nSPS) is 25.7. The van der Waals surface area contributed by atoms with Crippen LogP contribution in [0.1, 0.15) is 82.0 Å². The number of nitrogens with zero attached hydrogens (tertiary/aromatic N) is 3. The predicted molar refractivity (Wildman–Crippen MR) is 129 cm³/mol. The van der Waals surface area contributed by atoms with Gasteiger partial charge in [0, 0.05) is 9.62 Å². The summed E-state index contributed by atoms with van der Waals surface area (Å²) in [6.07, 6.45) is 11.4. The third-order valence-corrected chi connectivity index (χ3v) is 10.1. The van der Waals surface area contributed by atoms with E-state index in [2.05, 4.69) is 35.9 Å². The molecule has 0 atom stereocenters. The fourth-order valence-corrected chi connectivity index (χ4v) is 8.25. The van der Waals surface area contributed by atoms with Crippen LogP contribution in [0.3, 0.4) is 0 Å². The zero-order valence-corrected chi connectivity index (χ0v) is 19.6. The average molecular weight is 438 g/mol. The molecule has 3 aliphatic rings. The number of hydrogen-bond acceptors (Lipinski definition) is 4. The van der Waals surface area contributed by atoms with Crippen LogP contribution in [0.15, 0.2) is 28.0 Å². The van der Waals surface area contributed by atoms with E-state index in [0.717, 1.165) is 32.1 Å². The summed E-state index contributed by atoms with van der Waals surface area (Å²) in [6, 6.07) is 10.1. The standard InChI is InChI=1S/C25H31N3S2/c1-2-22-21-9-8-19(16-23(21)28(27-22)20-6-3-4-7-20)25(17-26)12-10-18(11-13-25)24-29-14-5-15-30-24/h8-9,16,20H,2-7,10-15H2,1H3. The molecular weight excluding hydrogens is 406 g/mol. The highest BCUT2D eigenvalue weighted by Crippen LogP contribution is 2.47. The lowest BCUT2D eigenvalue weighted by Gasteiger charge is -2.34. The number of rotatable bonds is 3. The van der Waals surface area contributed by atoms with E-state index in [1.807, 2.05) is 23.5 Å². The molecule has 2 heterocycles. The van der Waals surface area contributed by atoms with E-state index < -0.39 is 0 Å². The highest BCUT2D eigenvalue weighted by Gasteiger charge is 2.37. The quantitative estimate of drug-likeness (QED) is 0.512. The number of thioether (sulfide) groups is 2. The van der Waals surface area contributed by atoms with Crippen LogP contribution in [0.2, 0.25) is 0 Å². The third kappa shape index (κ3) is 3.60. The zero-order valence-electron chi connectivity index (χ0n) is 18.0. The molecule has 2 saturated carbocycles. The molecule has 1 aromatic carbocycles. The first-order valence-electron chi connectivity index (χ1n) is 11.6. The second kappa shape index (κ2) is 8.63. The highest BCUT2D eigenvalue weighted by molar-refractivity contribution is 8.22. The van der Waals surface area contributed by atoms with Crippen molar-refractivity contribution in [2.24, 2.45) is 0 Å². The van der Waals surface area contributed by atoms with Gasteiger partial charge in [0.25, 0.3) is 0 Å². The van der Waals surface area contributed by atoms with Gasteiger partial charge in [-0.15, -0.1) is 23.5 Å². The van der Waals surface area contributed by atoms with E-state index in [1.165, 1.54) is 65.8 Å². The molecule has 0 radical (unpaired) electrons. The van der Waals surface area contributed by atoms with E-state index in [1.54, 1.807) is 9.81 Å². The van der Waals surface area contributed by atoms with Crippen molar-refractivity contribution in [2.75, 3.05) is 11.5 Å². The largest absolute Gasteiger partial charge is 0.262 e. The van der Waals surface area contributed by atoms with Crippen molar-refractivity contribution in [2.45, 2.75) is 82.6 Å². The van der Waals surface area contributed by atoms with Gasteiger partial charge in [-0.1, -0.05) is 37.5 Å². The Balaban J connectivity index is 1.49. The molecule has 0 unspecified atom stereocenters. The summed E-state index contributed by atoms with van der Waals surface area (Å²) in [5, 5.41) is 16.6. The average Bonchev–Trinajstić information content (AvgIpc) is 3.47. The number of aryl methyl sites for hydroxylation is 1. The lowest BCUT2D eigenvalue weighted by molar-refractivity contribution is 0.419. The molecule has 0 bridgehead atoms. The van der Waals surface area contributed by atoms with Gasteiger partial charge >= 0.3 is 0 Å². The van der Waals surface area contributed by atoms with Crippen molar-refractivity contribution in [3.05, 3.63) is 39.3 Å². The molecule has 30 heavy (non-hydrogen) atoms. The van der Waals surface area contributed by atoms with E-state index in [4.69, 9.17) is 5.10 Å². The van der Waals surface area contributed by atoms with Crippen molar-refractivity contribution < 1.29 is 0 Å². The second-order valence-electron chi connectivity index (χ2n) is 9.05. The molecule has 2 aromatic rings. The van der Waals surface area contributed by atoms with Crippen molar-refractivity contribution in [1.82, 2.24) is 9.78 Å². The van der Waals surface area contributed by atoms with Gasteiger partial charge in [-0.05, 0) is 74.5 Å². The molecule has 5 heteroatoms. The molecule has 1 aromatic heterocycles. The lowest BCUT2D eigenvalue weighted by Crippen LogP contribution is -2.28. The van der Waals surface area contributed by atoms with Gasteiger partial charge < -0.3 is 0 Å². The molecule has 1 aliphatic heterocycles. The number of aromatic nitrogens is 2. The minimum absolute atomic E-state index is 0.348. The summed E-state index contributed by atoms with van der Waals surface area (Å²) >= 11 is 4.09. The maximum atomic E-state index is 10.3. The summed E-state index contributed by atoms with van der Waals surface area (Å²) in [6.45, 7) is 2.20. The van der Waals surface area contributed by atoms with Crippen LogP contribution >= 0.6 is 23.5 Å². The SMILES string of the molecule is CCc1nn(C2CCCC2)c2cc(C3(C#N)CCC(=C4SCCCS4)CC3)ccc12. The number of allylic oxidation sites excluding steroid dienone is 1. The first kappa shape index (κ1) is 20.5. The fraction of sp³-hybridized carbons (Fsp3) is 0.600. The Labute approximate surface area is 188 Å². The van der Waals surface area contributed by atoms with Gasteiger partial charge in [0.1, 0.15) is 0 Å². The molecule has 158 valence electrons. The Morgan fingerprint density at radius 2 is 1.87 bits per heavy atom. The number of benzene rings is 1. The Kier molecular flexibility index (Phi) is 5.90. The number of hydrogen-bond donors (Lipinski definition) is 0. The van der Waals surface area contributed by atoms with Crippen LogP contribution in [0.4, 0.5) is 0 Å². The molecule has 1 saturated heterocycles. The van der Waals surface area contributed by atoms with Crippen LogP contribution in [-0.2, 0) is 11.8 Å². The van der Waals surface area contributed by atoms with Crippen molar-refractivity contribution >= 4 is 34.4 Å². The van der Waals surface area contributed by atoms with Crippen LogP contribution in [-0.4, -0.2) is 21.3 Å². The van der Waals surface area contributed by atoms with Gasteiger partial charge in [0.05, 0.1) is 28.7 Å². The third-order valence-electron chi connectivity index (χ3n) is 7.31. The molecule has 0 amide bonds. The number of nitriles is 1. The van der Waals surface area contributed by atoms with Crippen LogP contribution in [0, 0.1) is 11.3 Å². The van der Waals surface area contributed by atoms with E-state index >= 15 is 0 Å². The smallest absolute Gasteiger partial charge is 0.0829 e. The minimum atomic E-state index is -0.348. The van der Waals surface area contributed by atoms with Crippen molar-refractivity contribution in [3.8, 4) is 6.07 Å². The first-order valence-corrected chi connectivity index (χ1v) is 13.6. The summed E-state index contributed by atoms with van der Waals surface area (Å²) in [5.41, 5.74) is 4.94. The lowest BCUT2D eigenvalue weighted by atomic mass is 9.69. The van der Waals surface area contributed by atoms with Gasteiger partial charge in [0.2, 0.25) is 0 Å². The zero-order chi connectivity index (χ0) is 20.6. The molecule has 0 N–H and O–H groups in total. The van der Waals surface area contributed by atoms with Crippen molar-refractivity contribution in [3.63, 3.8) is 0 Å². The minimum Gasteiger partial charge on any atom is -0.262 e. The Hall–Kier alpha value is -1.38. The van der Waals surface area contributed by atoms with Crippen LogP contribution in [0.25, 0.3) is 10.9 Å². The van der Waals surface area contributed by atoms with E-state index in [9.17, 15) is 5.26 Å². The Bertz CT molecular complexity index is 989. The second-order valence-corrected chi connectivity index (χ2v) is 11.5. The Morgan fingerprint density at radius 3 is 2.53 bits per heavy atom. The molecule has 3 fully saturated rings. The van der Waals surface area contributed by atoms with Crippen LogP contribution < -0.4 is 0 Å². The molecule has 2 aliphatic carbocycles. The van der Waals surface area contributed by atoms with Gasteiger partial charge in [0.15, 0.2) is 0 Å². The maximum Gasteiger partial charge on any atom is 0.0829 e.